The van der Waals surface area contributed by atoms with E-state index in [1.165, 1.54) is 30.6 Å². The van der Waals surface area contributed by atoms with E-state index in [1.54, 1.807) is 0 Å². The Bertz CT molecular complexity index is 1310. The maximum Gasteiger partial charge on any atom is 0.387 e. The summed E-state index contributed by atoms with van der Waals surface area (Å²) in [6.07, 6.45) is 4.86. The van der Waals surface area contributed by atoms with E-state index in [0.717, 1.165) is 12.4 Å². The number of nitrogens with zero attached hydrogens (tertiary/aromatic N) is 3. The SMILES string of the molecule is O=C(N=c1c(Cl)cn([O-])cc1Cl)c1ccc(OC(F)F)c2oc3ccncc3c12. The second-order valence-electron chi connectivity index (χ2n) is 5.75. The summed E-state index contributed by atoms with van der Waals surface area (Å²) in [4.78, 5) is 20.7. The molecule has 1 amide bonds. The van der Waals surface area contributed by atoms with Gasteiger partial charge in [-0.25, -0.2) is 4.99 Å². The molecule has 0 spiro atoms. The van der Waals surface area contributed by atoms with Crippen molar-refractivity contribution in [3.8, 4) is 5.75 Å². The Morgan fingerprint density at radius 1 is 1.24 bits per heavy atom. The van der Waals surface area contributed by atoms with Crippen LogP contribution in [-0.2, 0) is 0 Å². The zero-order chi connectivity index (χ0) is 20.7. The van der Waals surface area contributed by atoms with Crippen molar-refractivity contribution in [1.29, 1.82) is 0 Å². The quantitative estimate of drug-likeness (QED) is 0.458. The van der Waals surface area contributed by atoms with Gasteiger partial charge in [-0.1, -0.05) is 23.2 Å². The lowest BCUT2D eigenvalue weighted by atomic mass is 10.1. The third-order valence-corrected chi connectivity index (χ3v) is 4.53. The summed E-state index contributed by atoms with van der Waals surface area (Å²) in [6.45, 7) is -3.09. The fourth-order valence-corrected chi connectivity index (χ4v) is 3.36. The van der Waals surface area contributed by atoms with Gasteiger partial charge in [0.2, 0.25) is 0 Å². The highest BCUT2D eigenvalue weighted by atomic mass is 35.5. The lowest BCUT2D eigenvalue weighted by Gasteiger charge is -2.11. The van der Waals surface area contributed by atoms with Crippen LogP contribution in [0.15, 0.2) is 52.4 Å². The number of halogens is 4. The largest absolute Gasteiger partial charge is 0.806 e. The molecule has 11 heteroatoms. The Labute approximate surface area is 170 Å². The van der Waals surface area contributed by atoms with Crippen LogP contribution in [0.1, 0.15) is 10.4 Å². The number of carbonyl (C=O) groups is 1. The molecule has 0 saturated carbocycles. The molecular weight excluding hydrogens is 431 g/mol. The number of carbonyl (C=O) groups excluding carboxylic acids is 1. The Kier molecular flexibility index (Phi) is 4.85. The zero-order valence-electron chi connectivity index (χ0n) is 14.1. The number of alkyl halides is 2. The van der Waals surface area contributed by atoms with Crippen LogP contribution in [0.3, 0.4) is 0 Å². The fourth-order valence-electron chi connectivity index (χ4n) is 2.83. The lowest BCUT2D eigenvalue weighted by molar-refractivity contribution is -0.0493. The zero-order valence-corrected chi connectivity index (χ0v) is 15.6. The van der Waals surface area contributed by atoms with Gasteiger partial charge in [0.15, 0.2) is 11.3 Å². The van der Waals surface area contributed by atoms with Crippen molar-refractivity contribution in [3.63, 3.8) is 0 Å². The first-order chi connectivity index (χ1) is 13.8. The number of benzene rings is 1. The molecule has 0 aliphatic carbocycles. The summed E-state index contributed by atoms with van der Waals surface area (Å²) in [5.41, 5.74) is 0.286. The highest BCUT2D eigenvalue weighted by Gasteiger charge is 2.21. The molecule has 0 unspecified atom stereocenters. The van der Waals surface area contributed by atoms with Gasteiger partial charge in [0, 0.05) is 35.6 Å². The van der Waals surface area contributed by atoms with E-state index in [-0.39, 0.29) is 37.7 Å². The smallest absolute Gasteiger partial charge is 0.387 e. The molecule has 3 heterocycles. The average molecular weight is 439 g/mol. The molecule has 0 N–H and O–H groups in total. The normalized spacial score (nSPS) is 11.3. The topological polar surface area (TPSA) is 92.7 Å². The van der Waals surface area contributed by atoms with Gasteiger partial charge in [-0.3, -0.25) is 9.78 Å². The van der Waals surface area contributed by atoms with Crippen molar-refractivity contribution in [3.05, 3.63) is 69.2 Å². The summed E-state index contributed by atoms with van der Waals surface area (Å²) >= 11 is 11.9. The molecule has 7 nitrogen and oxygen atoms in total. The molecule has 0 fully saturated rings. The number of pyridine rings is 2. The minimum atomic E-state index is -3.09. The van der Waals surface area contributed by atoms with E-state index >= 15 is 0 Å². The highest BCUT2D eigenvalue weighted by Crippen LogP contribution is 2.37. The Morgan fingerprint density at radius 2 is 1.97 bits per heavy atom. The molecule has 3 aromatic heterocycles. The third kappa shape index (κ3) is 3.50. The first-order valence-electron chi connectivity index (χ1n) is 7.93. The number of ether oxygens (including phenoxy) is 1. The number of hydrogen-bond acceptors (Lipinski definition) is 5. The number of hydrogen-bond donors (Lipinski definition) is 0. The number of aromatic nitrogens is 2. The van der Waals surface area contributed by atoms with E-state index in [0.29, 0.717) is 15.7 Å². The molecule has 0 radical (unpaired) electrons. The number of amides is 1. The molecule has 1 aromatic carbocycles. The van der Waals surface area contributed by atoms with Crippen LogP contribution in [0.25, 0.3) is 21.9 Å². The van der Waals surface area contributed by atoms with Gasteiger partial charge in [0.1, 0.15) is 10.9 Å². The van der Waals surface area contributed by atoms with Gasteiger partial charge in [0.25, 0.3) is 5.91 Å². The maximum atomic E-state index is 12.9. The van der Waals surface area contributed by atoms with Gasteiger partial charge in [-0.15, -0.1) is 0 Å². The minimum absolute atomic E-state index is 0.0272. The molecule has 0 saturated heterocycles. The molecule has 148 valence electrons. The van der Waals surface area contributed by atoms with E-state index in [1.807, 2.05) is 0 Å². The molecule has 0 atom stereocenters. The first kappa shape index (κ1) is 19.2. The Morgan fingerprint density at radius 3 is 2.66 bits per heavy atom. The van der Waals surface area contributed by atoms with Gasteiger partial charge in [-0.05, 0) is 18.2 Å². The van der Waals surface area contributed by atoms with Gasteiger partial charge in [0.05, 0.1) is 15.6 Å². The predicted octanol–water partition coefficient (Wildman–Crippen LogP) is 4.78. The summed E-state index contributed by atoms with van der Waals surface area (Å²) in [6, 6.07) is 3.96. The van der Waals surface area contributed by atoms with Crippen LogP contribution in [0.5, 0.6) is 5.75 Å². The number of rotatable bonds is 3. The van der Waals surface area contributed by atoms with Crippen LogP contribution in [0, 0.1) is 5.21 Å². The van der Waals surface area contributed by atoms with Crippen molar-refractivity contribution in [2.45, 2.75) is 6.61 Å². The summed E-state index contributed by atoms with van der Waals surface area (Å²) in [5, 5.41) is 11.6. The molecule has 0 aliphatic rings. The van der Waals surface area contributed by atoms with Gasteiger partial charge < -0.3 is 19.1 Å². The summed E-state index contributed by atoms with van der Waals surface area (Å²) in [5.74, 6) is -1.02. The second kappa shape index (κ2) is 7.34. The van der Waals surface area contributed by atoms with Crippen molar-refractivity contribution in [1.82, 2.24) is 9.71 Å². The first-order valence-corrected chi connectivity index (χ1v) is 8.68. The van der Waals surface area contributed by atoms with E-state index in [4.69, 9.17) is 27.6 Å². The van der Waals surface area contributed by atoms with E-state index < -0.39 is 12.5 Å². The van der Waals surface area contributed by atoms with Crippen LogP contribution < -0.4 is 10.1 Å². The molecule has 4 rings (SSSR count). The molecular formula is C18H8Cl2F2N3O4-. The van der Waals surface area contributed by atoms with Gasteiger partial charge >= 0.3 is 6.61 Å². The van der Waals surface area contributed by atoms with E-state index in [2.05, 4.69) is 14.7 Å². The summed E-state index contributed by atoms with van der Waals surface area (Å²) < 4.78 is 36.0. The molecule has 29 heavy (non-hydrogen) atoms. The Balaban J connectivity index is 1.97. The lowest BCUT2D eigenvalue weighted by Crippen LogP contribution is -2.12. The predicted molar refractivity (Wildman–Crippen MR) is 101 cm³/mol. The van der Waals surface area contributed by atoms with E-state index in [9.17, 15) is 18.8 Å². The molecule has 4 aromatic rings. The standard InChI is InChI=1S/C18H8Cl2F2N3O4/c19-10-6-25(27)7-11(20)15(10)24-17(26)8-1-2-13(29-18(21)22)16-14(8)9-5-23-4-3-12(9)28-16/h1-7,18H/q-1. The van der Waals surface area contributed by atoms with Crippen LogP contribution in [-0.4, -0.2) is 22.2 Å². The van der Waals surface area contributed by atoms with Crippen LogP contribution >= 0.6 is 23.2 Å². The van der Waals surface area contributed by atoms with Crippen LogP contribution in [0.4, 0.5) is 8.78 Å². The maximum absolute atomic E-state index is 12.9. The summed E-state index contributed by atoms with van der Waals surface area (Å²) in [7, 11) is 0. The number of fused-ring (bicyclic) bond motifs is 3. The number of furan rings is 1. The highest BCUT2D eigenvalue weighted by molar-refractivity contribution is 6.34. The molecule has 0 bridgehead atoms. The van der Waals surface area contributed by atoms with Crippen LogP contribution in [0.2, 0.25) is 10.0 Å². The van der Waals surface area contributed by atoms with Crippen molar-refractivity contribution < 1.29 is 22.7 Å². The molecule has 0 aliphatic heterocycles. The second-order valence-corrected chi connectivity index (χ2v) is 6.56. The van der Waals surface area contributed by atoms with Crippen molar-refractivity contribution in [2.24, 2.45) is 4.99 Å². The monoisotopic (exact) mass is 438 g/mol. The average Bonchev–Trinajstić information content (AvgIpc) is 3.04. The van der Waals surface area contributed by atoms with Crippen molar-refractivity contribution >= 4 is 51.0 Å². The van der Waals surface area contributed by atoms with Gasteiger partial charge in [-0.2, -0.15) is 8.78 Å². The fraction of sp³-hybridized carbons (Fsp3) is 0.0556. The third-order valence-electron chi connectivity index (χ3n) is 3.98. The van der Waals surface area contributed by atoms with Crippen molar-refractivity contribution in [2.75, 3.05) is 0 Å². The minimum Gasteiger partial charge on any atom is -0.806 e. The Hall–Kier alpha value is -3.17.